The van der Waals surface area contributed by atoms with Crippen LogP contribution < -0.4 is 38.9 Å². The third-order valence-corrected chi connectivity index (χ3v) is 31.5. The first-order chi connectivity index (χ1) is 70.1. The van der Waals surface area contributed by atoms with Crippen molar-refractivity contribution in [2.45, 2.75) is 413 Å². The van der Waals surface area contributed by atoms with E-state index >= 15 is 0 Å². The average Bonchev–Trinajstić information content (AvgIpc) is 1.08. The number of nitrogens with zero attached hydrogens (tertiary/aromatic N) is 21. The van der Waals surface area contributed by atoms with E-state index in [1.54, 1.807) is 43.4 Å². The summed E-state index contributed by atoms with van der Waals surface area (Å²) in [7, 11) is 0. The van der Waals surface area contributed by atoms with Gasteiger partial charge in [-0.1, -0.05) is 223 Å². The first-order valence-electron chi connectivity index (χ1n) is 55.1. The molecule has 22 rings (SSSR count). The number of rotatable bonds is 29. The van der Waals surface area contributed by atoms with Crippen LogP contribution in [-0.2, 0) is 44.9 Å². The minimum atomic E-state index is -0.137. The standard InChI is InChI=1S/C17H24N4O.C17H26N4O.C16H20N4O.2C15H22N4O.C15H24N4O.C13H18N4O2/c22-17-14-11-18-21(13-8-4-5-9-13)16(14)19-15(20-17)10-12-6-2-1-3-7-12;1-3-13(4-2)21-16-14(11-18-21)17(22)20-15(19-16)10-12-8-6-5-7-9-12;21-16-13-10-17-20(12-7-3-4-8-12)15(13)18-14(19-16)9-11-5-1-2-6-11;1-10(2)7-8-13-17-14-12(15(20)18-13)9-16-19(14)11-5-3-4-6-11;1-3-10(2)8-13-17-14-12(15(20)18-13)9-16-19(14)11-6-4-5-7-11;1-5-10(4)8-13-17-14-12(15(20)18-13)9-16-19(14)11(6-2)7-3;18-7-3-6-11-15-12-10(13(19)16-11)8-14-17(12)9-4-1-2-5-9/h11-13H,1-10H2,(H,19,20,22);11-13H,3-10H2,1-2H3,(H,19,20,22);1,5,10-12H,2-4,6-9H2,(H,18,19,21);2*9-11H,3-8H2,1-2H3,(H,17,18,20);9-11H,5-8H2,1-4H3,(H,17,18,20);8-9,18H,1-7H2,(H,15,16,19). The maximum absolute atomic E-state index is 12.3. The van der Waals surface area contributed by atoms with Gasteiger partial charge in [0.1, 0.15) is 78.5 Å². The highest BCUT2D eigenvalue weighted by Gasteiger charge is 2.31. The zero-order valence-corrected chi connectivity index (χ0v) is 86.8. The van der Waals surface area contributed by atoms with Crippen molar-refractivity contribution >= 4 is 77.2 Å². The molecule has 14 aromatic heterocycles. The van der Waals surface area contributed by atoms with E-state index in [4.69, 9.17) is 20.1 Å². The second-order valence-electron chi connectivity index (χ2n) is 42.6. The number of nitrogens with one attached hydrogen (secondary N) is 7. The number of aliphatic hydroxyl groups is 1. The van der Waals surface area contributed by atoms with Crippen molar-refractivity contribution in [3.05, 3.63) is 169 Å². The molecule has 144 heavy (non-hydrogen) atoms. The van der Waals surface area contributed by atoms with E-state index in [-0.39, 0.29) is 45.5 Å². The van der Waals surface area contributed by atoms with E-state index in [1.165, 1.54) is 128 Å². The quantitative estimate of drug-likeness (QED) is 0.0202. The summed E-state index contributed by atoms with van der Waals surface area (Å²) in [6, 6.07) is 2.66. The topological polar surface area (TPSA) is 465 Å². The molecule has 0 amide bonds. The Morgan fingerprint density at radius 2 is 0.569 bits per heavy atom. The van der Waals surface area contributed by atoms with Crippen LogP contribution in [0.4, 0.5) is 0 Å². The Morgan fingerprint density at radius 1 is 0.306 bits per heavy atom. The molecule has 0 aliphatic heterocycles. The molecule has 14 aromatic rings. The highest BCUT2D eigenvalue weighted by atomic mass is 16.3. The summed E-state index contributed by atoms with van der Waals surface area (Å²) in [5, 5.41) is 44.0. The maximum atomic E-state index is 12.3. The first-order valence-corrected chi connectivity index (χ1v) is 55.1. The van der Waals surface area contributed by atoms with Crippen LogP contribution in [0.1, 0.15) is 409 Å². The smallest absolute Gasteiger partial charge is 0.262 e. The summed E-state index contributed by atoms with van der Waals surface area (Å²) in [6.45, 7) is 21.7. The molecule has 7 fully saturated rings. The summed E-state index contributed by atoms with van der Waals surface area (Å²) >= 11 is 0. The van der Waals surface area contributed by atoms with Crippen molar-refractivity contribution in [1.29, 1.82) is 0 Å². The highest BCUT2D eigenvalue weighted by Crippen LogP contribution is 2.38. The molecule has 8 aliphatic rings. The third-order valence-electron chi connectivity index (χ3n) is 31.5. The maximum Gasteiger partial charge on any atom is 0.262 e. The van der Waals surface area contributed by atoms with E-state index in [1.807, 2.05) is 32.8 Å². The van der Waals surface area contributed by atoms with Crippen LogP contribution >= 0.6 is 0 Å². The Kier molecular flexibility index (Phi) is 36.7. The fourth-order valence-electron chi connectivity index (χ4n) is 22.5. The molecule has 36 heteroatoms. The van der Waals surface area contributed by atoms with Gasteiger partial charge < -0.3 is 40.0 Å². The summed E-state index contributed by atoms with van der Waals surface area (Å²) in [5.74, 6) is 8.95. The summed E-state index contributed by atoms with van der Waals surface area (Å²) in [5.41, 5.74) is 4.78. The lowest BCUT2D eigenvalue weighted by Crippen LogP contribution is -2.18. The third kappa shape index (κ3) is 25.8. The molecular formula is C108H156N28O8. The molecule has 0 saturated heterocycles. The lowest BCUT2D eigenvalue weighted by molar-refractivity contribution is 0.287. The van der Waals surface area contributed by atoms with Gasteiger partial charge in [-0.15, -0.1) is 0 Å². The van der Waals surface area contributed by atoms with Crippen LogP contribution in [-0.4, -0.2) is 150 Å². The van der Waals surface area contributed by atoms with E-state index < -0.39 is 0 Å². The normalized spacial score (nSPS) is 17.8. The largest absolute Gasteiger partial charge is 0.396 e. The number of aliphatic hydroxyl groups excluding tert-OH is 1. The average molecular weight is 1970 g/mol. The minimum absolute atomic E-state index is 0.0277. The molecular weight excluding hydrogens is 1820 g/mol. The number of allylic oxidation sites excluding steroid dienone is 2. The molecule has 36 nitrogen and oxygen atoms in total. The number of aryl methyl sites for hydroxylation is 2. The number of aromatic amines is 7. The zero-order valence-electron chi connectivity index (χ0n) is 86.8. The van der Waals surface area contributed by atoms with E-state index in [0.29, 0.717) is 140 Å². The SMILES string of the molecule is CC(C)CCc1nc2c(cnn2C2CCCC2)c(=O)[nH]1.CCC(C)Cc1nc2c(cnn2C(CC)CC)c(=O)[nH]1.CCC(C)Cc1nc2c(cnn2C2CCCC2)c(=O)[nH]1.CCC(CC)n1ncc2c(=O)[nH]c(CC3CCCCC3)nc21.O=c1[nH]c(CC2C=CCC2)nc2c1cnn2C1CCCC1.O=c1[nH]c(CC2CCCCC2)nc2c1cnn2C1CCCC1.O=c1[nH]c(CCCO)nc2c1cnn2C1CCCC1. The van der Waals surface area contributed by atoms with Crippen LogP contribution in [0.25, 0.3) is 77.2 Å². The lowest BCUT2D eigenvalue weighted by Gasteiger charge is -2.21. The molecule has 0 radical (unpaired) electrons. The second-order valence-corrected chi connectivity index (χ2v) is 42.6. The molecule has 776 valence electrons. The molecule has 7 saturated carbocycles. The van der Waals surface area contributed by atoms with Gasteiger partial charge in [0.05, 0.1) is 85.7 Å². The molecule has 14 heterocycles. The summed E-state index contributed by atoms with van der Waals surface area (Å²) < 4.78 is 13.7. The van der Waals surface area contributed by atoms with Crippen LogP contribution in [0.3, 0.4) is 0 Å². The van der Waals surface area contributed by atoms with Gasteiger partial charge >= 0.3 is 0 Å². The summed E-state index contributed by atoms with van der Waals surface area (Å²) in [4.78, 5) is 138. The predicted molar refractivity (Wildman–Crippen MR) is 565 cm³/mol. The summed E-state index contributed by atoms with van der Waals surface area (Å²) in [6.07, 6.45) is 68.5. The van der Waals surface area contributed by atoms with Crippen LogP contribution in [0.5, 0.6) is 0 Å². The van der Waals surface area contributed by atoms with Gasteiger partial charge in [-0.2, -0.15) is 35.7 Å². The zero-order chi connectivity index (χ0) is 101. The molecule has 0 spiro atoms. The Bertz CT molecular complexity index is 6780. The van der Waals surface area contributed by atoms with Crippen molar-refractivity contribution in [2.75, 3.05) is 6.61 Å². The van der Waals surface area contributed by atoms with E-state index in [9.17, 15) is 33.6 Å². The number of hydrogen-bond acceptors (Lipinski definition) is 22. The van der Waals surface area contributed by atoms with Crippen molar-refractivity contribution < 1.29 is 5.11 Å². The molecule has 3 atom stereocenters. The number of aromatic nitrogens is 28. The van der Waals surface area contributed by atoms with E-state index in [0.717, 1.165) is 229 Å². The molecule has 3 unspecified atom stereocenters. The number of hydrogen-bond donors (Lipinski definition) is 8. The van der Waals surface area contributed by atoms with Crippen LogP contribution in [0, 0.1) is 35.5 Å². The number of fused-ring (bicyclic) bond motifs is 7. The van der Waals surface area contributed by atoms with Crippen LogP contribution in [0.15, 0.2) is 89.1 Å². The highest BCUT2D eigenvalue weighted by molar-refractivity contribution is 5.77. The van der Waals surface area contributed by atoms with Crippen molar-refractivity contribution in [3.63, 3.8) is 0 Å². The Hall–Kier alpha value is -11.8. The fourth-order valence-corrected chi connectivity index (χ4v) is 22.5. The minimum Gasteiger partial charge on any atom is -0.396 e. The predicted octanol–water partition coefficient (Wildman–Crippen LogP) is 19.6. The van der Waals surface area contributed by atoms with Crippen molar-refractivity contribution in [3.8, 4) is 0 Å². The number of H-pyrrole nitrogens is 7. The molecule has 8 aliphatic carbocycles. The first kappa shape index (κ1) is 105. The van der Waals surface area contributed by atoms with Crippen LogP contribution in [0.2, 0.25) is 0 Å². The van der Waals surface area contributed by atoms with Gasteiger partial charge in [0.15, 0.2) is 39.5 Å². The van der Waals surface area contributed by atoms with E-state index in [2.05, 4.69) is 172 Å². The molecule has 8 N–H and O–H groups in total. The Morgan fingerprint density at radius 3 is 0.868 bits per heavy atom. The van der Waals surface area contributed by atoms with Crippen molar-refractivity contribution in [1.82, 2.24) is 138 Å². The molecule has 0 bridgehead atoms. The van der Waals surface area contributed by atoms with Gasteiger partial charge in [0.25, 0.3) is 38.9 Å². The van der Waals surface area contributed by atoms with Gasteiger partial charge in [0, 0.05) is 51.6 Å². The van der Waals surface area contributed by atoms with Gasteiger partial charge in [-0.3, -0.25) is 33.6 Å². The Labute approximate surface area is 840 Å². The monoisotopic (exact) mass is 1970 g/mol. The van der Waals surface area contributed by atoms with Crippen molar-refractivity contribution in [2.24, 2.45) is 35.5 Å². The van der Waals surface area contributed by atoms with Gasteiger partial charge in [-0.05, 0) is 151 Å². The Balaban J connectivity index is 0.000000121. The fraction of sp³-hybridized carbons (Fsp3) is 0.657. The molecule has 0 aromatic carbocycles. The van der Waals surface area contributed by atoms with Gasteiger partial charge in [0.2, 0.25) is 0 Å². The second kappa shape index (κ2) is 50.3. The van der Waals surface area contributed by atoms with Gasteiger partial charge in [-0.25, -0.2) is 67.7 Å². The lowest BCUT2D eigenvalue weighted by atomic mass is 9.87.